The van der Waals surface area contributed by atoms with Gasteiger partial charge in [0.25, 0.3) is 0 Å². The third-order valence-corrected chi connectivity index (χ3v) is 2.49. The molecule has 0 aromatic heterocycles. The minimum Gasteiger partial charge on any atom is -0.359 e. The molecule has 0 aliphatic carbocycles. The van der Waals surface area contributed by atoms with Crippen molar-refractivity contribution in [3.8, 4) is 0 Å². The molecule has 72 valence electrons. The van der Waals surface area contributed by atoms with E-state index in [1.54, 1.807) is 7.05 Å². The van der Waals surface area contributed by atoms with Gasteiger partial charge in [-0.2, -0.15) is 0 Å². The first kappa shape index (κ1) is 11.5. The van der Waals surface area contributed by atoms with Gasteiger partial charge in [0.15, 0.2) is 0 Å². The van der Waals surface area contributed by atoms with E-state index in [9.17, 15) is 4.79 Å². The third-order valence-electron chi connectivity index (χ3n) is 2.49. The van der Waals surface area contributed by atoms with Crippen molar-refractivity contribution in [2.45, 2.75) is 46.5 Å². The quantitative estimate of drug-likeness (QED) is 0.676. The van der Waals surface area contributed by atoms with Gasteiger partial charge < -0.3 is 5.32 Å². The normalized spacial score (nSPS) is 11.3. The van der Waals surface area contributed by atoms with Crippen LogP contribution in [0.25, 0.3) is 0 Å². The Bertz CT molecular complexity index is 141. The van der Waals surface area contributed by atoms with Crippen LogP contribution < -0.4 is 5.32 Å². The van der Waals surface area contributed by atoms with Crippen molar-refractivity contribution in [3.63, 3.8) is 0 Å². The molecule has 0 heterocycles. The van der Waals surface area contributed by atoms with E-state index in [0.29, 0.717) is 11.8 Å². The topological polar surface area (TPSA) is 29.1 Å². The maximum absolute atomic E-state index is 10.9. The number of amides is 1. The lowest BCUT2D eigenvalue weighted by molar-refractivity contribution is -0.120. The van der Waals surface area contributed by atoms with E-state index >= 15 is 0 Å². The summed E-state index contributed by atoms with van der Waals surface area (Å²) in [6.45, 7) is 6.69. The molecule has 0 unspecified atom stereocenters. The molecule has 12 heavy (non-hydrogen) atoms. The molecule has 0 aliphatic heterocycles. The molecule has 1 N–H and O–H groups in total. The van der Waals surface area contributed by atoms with Gasteiger partial charge in [-0.15, -0.1) is 0 Å². The summed E-state index contributed by atoms with van der Waals surface area (Å²) in [5, 5.41) is 2.63. The largest absolute Gasteiger partial charge is 0.359 e. The molecule has 1 amide bonds. The highest BCUT2D eigenvalue weighted by molar-refractivity contribution is 5.75. The Morgan fingerprint density at radius 1 is 1.42 bits per heavy atom. The SMILES string of the molecule is CCC(C)(C)CCCC(=O)NC. The molecule has 0 atom stereocenters. The van der Waals surface area contributed by atoms with Gasteiger partial charge in [0.05, 0.1) is 0 Å². The summed E-state index contributed by atoms with van der Waals surface area (Å²) in [5.74, 6) is 0.155. The summed E-state index contributed by atoms with van der Waals surface area (Å²) in [6, 6.07) is 0. The Hall–Kier alpha value is -0.530. The van der Waals surface area contributed by atoms with E-state index in [1.807, 2.05) is 0 Å². The first-order valence-electron chi connectivity index (χ1n) is 4.72. The van der Waals surface area contributed by atoms with Crippen molar-refractivity contribution in [1.29, 1.82) is 0 Å². The molecule has 0 bridgehead atoms. The fourth-order valence-corrected chi connectivity index (χ4v) is 1.03. The van der Waals surface area contributed by atoms with Crippen molar-refractivity contribution in [1.82, 2.24) is 5.32 Å². The van der Waals surface area contributed by atoms with Gasteiger partial charge in [-0.25, -0.2) is 0 Å². The van der Waals surface area contributed by atoms with Crippen LogP contribution in [0.15, 0.2) is 0 Å². The molecule has 0 aliphatic rings. The predicted octanol–water partition coefficient (Wildman–Crippen LogP) is 2.34. The van der Waals surface area contributed by atoms with E-state index in [1.165, 1.54) is 6.42 Å². The molecule has 0 aromatic rings. The lowest BCUT2D eigenvalue weighted by atomic mass is 9.85. The highest BCUT2D eigenvalue weighted by Gasteiger charge is 2.14. The molecule has 0 aromatic carbocycles. The van der Waals surface area contributed by atoms with Gasteiger partial charge in [-0.3, -0.25) is 4.79 Å². The summed E-state index contributed by atoms with van der Waals surface area (Å²) >= 11 is 0. The monoisotopic (exact) mass is 171 g/mol. The number of rotatable bonds is 5. The third kappa shape index (κ3) is 5.16. The van der Waals surface area contributed by atoms with Crippen LogP contribution in [0.5, 0.6) is 0 Å². The van der Waals surface area contributed by atoms with E-state index in [2.05, 4.69) is 26.1 Å². The Labute approximate surface area is 75.7 Å². The van der Waals surface area contributed by atoms with Crippen LogP contribution in [0.2, 0.25) is 0 Å². The molecule has 0 saturated carbocycles. The minimum absolute atomic E-state index is 0.155. The van der Waals surface area contributed by atoms with Crippen molar-refractivity contribution in [3.05, 3.63) is 0 Å². The second-order valence-electron chi connectivity index (χ2n) is 4.04. The Morgan fingerprint density at radius 2 is 2.00 bits per heavy atom. The van der Waals surface area contributed by atoms with E-state index in [4.69, 9.17) is 0 Å². The van der Waals surface area contributed by atoms with E-state index in [-0.39, 0.29) is 5.91 Å². The van der Waals surface area contributed by atoms with Gasteiger partial charge in [0.1, 0.15) is 0 Å². The molecule has 0 spiro atoms. The van der Waals surface area contributed by atoms with Crippen molar-refractivity contribution in [2.75, 3.05) is 7.05 Å². The summed E-state index contributed by atoms with van der Waals surface area (Å²) in [7, 11) is 1.69. The first-order chi connectivity index (χ1) is 5.52. The summed E-state index contributed by atoms with van der Waals surface area (Å²) in [4.78, 5) is 10.9. The minimum atomic E-state index is 0.155. The summed E-state index contributed by atoms with van der Waals surface area (Å²) < 4.78 is 0. The lowest BCUT2D eigenvalue weighted by Crippen LogP contribution is -2.18. The van der Waals surface area contributed by atoms with Gasteiger partial charge >= 0.3 is 0 Å². The lowest BCUT2D eigenvalue weighted by Gasteiger charge is -2.21. The van der Waals surface area contributed by atoms with E-state index in [0.717, 1.165) is 12.8 Å². The second kappa shape index (κ2) is 5.18. The average molecular weight is 171 g/mol. The summed E-state index contributed by atoms with van der Waals surface area (Å²) in [6.07, 6.45) is 3.98. The number of nitrogens with one attached hydrogen (secondary N) is 1. The Morgan fingerprint density at radius 3 is 2.42 bits per heavy atom. The Kier molecular flexibility index (Phi) is 4.95. The fourth-order valence-electron chi connectivity index (χ4n) is 1.03. The Balaban J connectivity index is 3.49. The van der Waals surface area contributed by atoms with Gasteiger partial charge in [0, 0.05) is 13.5 Å². The zero-order valence-corrected chi connectivity index (χ0v) is 8.74. The molecule has 2 heteroatoms. The predicted molar refractivity (Wildman–Crippen MR) is 52.0 cm³/mol. The zero-order chi connectivity index (χ0) is 9.61. The van der Waals surface area contributed by atoms with Gasteiger partial charge in [0.2, 0.25) is 5.91 Å². The highest BCUT2D eigenvalue weighted by atomic mass is 16.1. The van der Waals surface area contributed by atoms with Crippen molar-refractivity contribution >= 4 is 5.91 Å². The first-order valence-corrected chi connectivity index (χ1v) is 4.72. The van der Waals surface area contributed by atoms with Crippen LogP contribution in [0.1, 0.15) is 46.5 Å². The van der Waals surface area contributed by atoms with Crippen LogP contribution in [0.3, 0.4) is 0 Å². The number of hydrogen-bond donors (Lipinski definition) is 1. The molecule has 0 saturated heterocycles. The van der Waals surface area contributed by atoms with Crippen LogP contribution in [-0.4, -0.2) is 13.0 Å². The molecule has 0 fully saturated rings. The molecule has 0 radical (unpaired) electrons. The van der Waals surface area contributed by atoms with Crippen molar-refractivity contribution < 1.29 is 4.79 Å². The fraction of sp³-hybridized carbons (Fsp3) is 0.900. The van der Waals surface area contributed by atoms with Gasteiger partial charge in [-0.1, -0.05) is 27.2 Å². The van der Waals surface area contributed by atoms with Crippen LogP contribution in [0, 0.1) is 5.41 Å². The van der Waals surface area contributed by atoms with Crippen LogP contribution >= 0.6 is 0 Å². The van der Waals surface area contributed by atoms with Crippen LogP contribution in [-0.2, 0) is 4.79 Å². The van der Waals surface area contributed by atoms with Gasteiger partial charge in [-0.05, 0) is 18.3 Å². The molecule has 2 nitrogen and oxygen atoms in total. The number of carbonyl (C=O) groups is 1. The zero-order valence-electron chi connectivity index (χ0n) is 8.74. The molecular weight excluding hydrogens is 150 g/mol. The standard InChI is InChI=1S/C10H21NO/c1-5-10(2,3)8-6-7-9(12)11-4/h5-8H2,1-4H3,(H,11,12). The second-order valence-corrected chi connectivity index (χ2v) is 4.04. The molecule has 0 rings (SSSR count). The van der Waals surface area contributed by atoms with E-state index < -0.39 is 0 Å². The summed E-state index contributed by atoms with van der Waals surface area (Å²) in [5.41, 5.74) is 0.397. The average Bonchev–Trinajstić information content (AvgIpc) is 2.04. The molecular formula is C10H21NO. The maximum Gasteiger partial charge on any atom is 0.219 e. The van der Waals surface area contributed by atoms with Crippen LogP contribution in [0.4, 0.5) is 0 Å². The smallest absolute Gasteiger partial charge is 0.219 e. The number of carbonyl (C=O) groups excluding carboxylic acids is 1. The van der Waals surface area contributed by atoms with Crippen molar-refractivity contribution in [2.24, 2.45) is 5.41 Å². The maximum atomic E-state index is 10.9. The highest BCUT2D eigenvalue weighted by Crippen LogP contribution is 2.26. The number of hydrogen-bond acceptors (Lipinski definition) is 1.